The van der Waals surface area contributed by atoms with Crippen LogP contribution in [0.1, 0.15) is 29.5 Å². The number of pyridine rings is 1. The number of nitrogens with two attached hydrogens (primary N) is 1. The molecule has 0 bridgehead atoms. The van der Waals surface area contributed by atoms with Crippen LogP contribution < -0.4 is 5.73 Å². The van der Waals surface area contributed by atoms with E-state index in [1.54, 1.807) is 0 Å². The van der Waals surface area contributed by atoms with Crippen molar-refractivity contribution in [1.29, 1.82) is 0 Å². The number of aromatic amines is 1. The van der Waals surface area contributed by atoms with Crippen LogP contribution in [0.4, 0.5) is 0 Å². The number of nitrogens with zero attached hydrogens (tertiary/aromatic N) is 1. The van der Waals surface area contributed by atoms with Crippen molar-refractivity contribution in [3.8, 4) is 11.3 Å². The molecule has 27 heavy (non-hydrogen) atoms. The van der Waals surface area contributed by atoms with Crippen LogP contribution in [0, 0.1) is 13.8 Å². The molecule has 138 valence electrons. The molecule has 0 fully saturated rings. The fourth-order valence-electron chi connectivity index (χ4n) is 4.07. The summed E-state index contributed by atoms with van der Waals surface area (Å²) in [7, 11) is 0. The standard InChI is InChI=1S/C23H24BrN3/c1-14-12-15(2)21-17(6-3-4-10-25)23(27-20(21)13-14)18-8-9-19(24)16-7-5-11-26-22(16)18/h5,7-9,11-13,27H,3-4,6,10,25H2,1-2H3. The number of hydrogen-bond donors (Lipinski definition) is 2. The SMILES string of the molecule is Cc1cc(C)c2c(CCCCN)c(-c3ccc(Br)c4cccnc34)[nH]c2c1. The summed E-state index contributed by atoms with van der Waals surface area (Å²) in [6, 6.07) is 12.9. The summed E-state index contributed by atoms with van der Waals surface area (Å²) in [6.45, 7) is 5.09. The quantitative estimate of drug-likeness (QED) is 0.385. The first-order valence-corrected chi connectivity index (χ1v) is 10.2. The van der Waals surface area contributed by atoms with Crippen LogP contribution in [0.15, 0.2) is 47.1 Å². The summed E-state index contributed by atoms with van der Waals surface area (Å²) in [6.07, 6.45) is 5.01. The number of halogens is 1. The third kappa shape index (κ3) is 3.28. The number of fused-ring (bicyclic) bond motifs is 2. The minimum atomic E-state index is 0.735. The van der Waals surface area contributed by atoms with Crippen molar-refractivity contribution in [2.45, 2.75) is 33.1 Å². The highest BCUT2D eigenvalue weighted by molar-refractivity contribution is 9.10. The summed E-state index contributed by atoms with van der Waals surface area (Å²) in [5.74, 6) is 0. The molecular formula is C23H24BrN3. The molecule has 4 aromatic rings. The summed E-state index contributed by atoms with van der Waals surface area (Å²) < 4.78 is 1.07. The summed E-state index contributed by atoms with van der Waals surface area (Å²) in [4.78, 5) is 8.41. The van der Waals surface area contributed by atoms with Crippen LogP contribution in [-0.4, -0.2) is 16.5 Å². The Balaban J connectivity index is 2.00. The van der Waals surface area contributed by atoms with E-state index in [0.29, 0.717) is 0 Å². The highest BCUT2D eigenvalue weighted by Crippen LogP contribution is 2.38. The minimum absolute atomic E-state index is 0.735. The fraction of sp³-hybridized carbons (Fsp3) is 0.261. The Hall–Kier alpha value is -2.17. The summed E-state index contributed by atoms with van der Waals surface area (Å²) in [5.41, 5.74) is 14.3. The van der Waals surface area contributed by atoms with Gasteiger partial charge in [-0.3, -0.25) is 4.98 Å². The molecule has 0 saturated heterocycles. The van der Waals surface area contributed by atoms with Gasteiger partial charge in [0.05, 0.1) is 11.2 Å². The molecule has 0 radical (unpaired) electrons. The van der Waals surface area contributed by atoms with Crippen molar-refractivity contribution in [3.63, 3.8) is 0 Å². The molecule has 0 saturated carbocycles. The third-order valence-corrected chi connectivity index (χ3v) is 5.90. The van der Waals surface area contributed by atoms with E-state index in [1.807, 2.05) is 12.3 Å². The molecule has 0 aliphatic rings. The normalized spacial score (nSPS) is 11.6. The second-order valence-electron chi connectivity index (χ2n) is 7.22. The largest absolute Gasteiger partial charge is 0.354 e. The molecule has 0 spiro atoms. The van der Waals surface area contributed by atoms with Gasteiger partial charge in [-0.2, -0.15) is 0 Å². The maximum absolute atomic E-state index is 5.75. The molecule has 4 rings (SSSR count). The molecule has 2 aromatic carbocycles. The number of H-pyrrole nitrogens is 1. The predicted molar refractivity (Wildman–Crippen MR) is 118 cm³/mol. The van der Waals surface area contributed by atoms with Gasteiger partial charge < -0.3 is 10.7 Å². The topological polar surface area (TPSA) is 54.7 Å². The molecule has 2 aromatic heterocycles. The lowest BCUT2D eigenvalue weighted by molar-refractivity contribution is 0.748. The number of aryl methyl sites for hydroxylation is 3. The Kier molecular flexibility index (Phi) is 5.02. The van der Waals surface area contributed by atoms with Gasteiger partial charge in [-0.05, 0) is 80.6 Å². The molecule has 4 heteroatoms. The second kappa shape index (κ2) is 7.45. The summed E-state index contributed by atoms with van der Waals surface area (Å²) >= 11 is 3.67. The third-order valence-electron chi connectivity index (χ3n) is 5.21. The van der Waals surface area contributed by atoms with Crippen LogP contribution in [-0.2, 0) is 6.42 Å². The van der Waals surface area contributed by atoms with Gasteiger partial charge in [0.15, 0.2) is 0 Å². The van der Waals surface area contributed by atoms with Crippen LogP contribution in [0.2, 0.25) is 0 Å². The summed E-state index contributed by atoms with van der Waals surface area (Å²) in [5, 5.41) is 2.48. The maximum Gasteiger partial charge on any atom is 0.0806 e. The zero-order chi connectivity index (χ0) is 19.0. The van der Waals surface area contributed by atoms with Crippen molar-refractivity contribution in [2.24, 2.45) is 5.73 Å². The first-order chi connectivity index (χ1) is 13.1. The molecule has 3 N–H and O–H groups in total. The molecular weight excluding hydrogens is 398 g/mol. The lowest BCUT2D eigenvalue weighted by atomic mass is 9.96. The lowest BCUT2D eigenvalue weighted by Gasteiger charge is -2.10. The smallest absolute Gasteiger partial charge is 0.0806 e. The number of nitrogens with one attached hydrogen (secondary N) is 1. The van der Waals surface area contributed by atoms with E-state index in [9.17, 15) is 0 Å². The minimum Gasteiger partial charge on any atom is -0.354 e. The van der Waals surface area contributed by atoms with Gasteiger partial charge in [-0.1, -0.05) is 28.1 Å². The van der Waals surface area contributed by atoms with Gasteiger partial charge in [0.1, 0.15) is 0 Å². The first-order valence-electron chi connectivity index (χ1n) is 9.45. The van der Waals surface area contributed by atoms with Gasteiger partial charge in [-0.15, -0.1) is 0 Å². The number of rotatable bonds is 5. The van der Waals surface area contributed by atoms with Crippen LogP contribution in [0.3, 0.4) is 0 Å². The van der Waals surface area contributed by atoms with E-state index in [2.05, 4.69) is 65.1 Å². The zero-order valence-electron chi connectivity index (χ0n) is 15.8. The van der Waals surface area contributed by atoms with E-state index in [-0.39, 0.29) is 0 Å². The van der Waals surface area contributed by atoms with Gasteiger partial charge in [-0.25, -0.2) is 0 Å². The molecule has 0 unspecified atom stereocenters. The monoisotopic (exact) mass is 421 g/mol. The lowest BCUT2D eigenvalue weighted by Crippen LogP contribution is -1.99. The highest BCUT2D eigenvalue weighted by atomic mass is 79.9. The second-order valence-corrected chi connectivity index (χ2v) is 8.08. The Morgan fingerprint density at radius 2 is 1.96 bits per heavy atom. The average Bonchev–Trinajstić information content (AvgIpc) is 3.01. The van der Waals surface area contributed by atoms with E-state index in [4.69, 9.17) is 10.7 Å². The number of hydrogen-bond acceptors (Lipinski definition) is 2. The Bertz CT molecular complexity index is 1130. The van der Waals surface area contributed by atoms with Gasteiger partial charge in [0.25, 0.3) is 0 Å². The Labute approximate surface area is 168 Å². The molecule has 0 aliphatic carbocycles. The van der Waals surface area contributed by atoms with E-state index >= 15 is 0 Å². The molecule has 0 aliphatic heterocycles. The number of unbranched alkanes of at least 4 members (excludes halogenated alkanes) is 1. The van der Waals surface area contributed by atoms with Crippen molar-refractivity contribution in [3.05, 3.63) is 63.8 Å². The first kappa shape index (κ1) is 18.2. The predicted octanol–water partition coefficient (Wildman–Crippen LogP) is 6.04. The maximum atomic E-state index is 5.75. The van der Waals surface area contributed by atoms with Crippen LogP contribution >= 0.6 is 15.9 Å². The van der Waals surface area contributed by atoms with Gasteiger partial charge in [0.2, 0.25) is 0 Å². The van der Waals surface area contributed by atoms with E-state index in [0.717, 1.165) is 46.7 Å². The number of aromatic nitrogens is 2. The zero-order valence-corrected chi connectivity index (χ0v) is 17.4. The van der Waals surface area contributed by atoms with E-state index < -0.39 is 0 Å². The fourth-order valence-corrected chi connectivity index (χ4v) is 4.52. The Morgan fingerprint density at radius 3 is 2.78 bits per heavy atom. The molecule has 3 nitrogen and oxygen atoms in total. The highest BCUT2D eigenvalue weighted by Gasteiger charge is 2.18. The van der Waals surface area contributed by atoms with Crippen LogP contribution in [0.25, 0.3) is 33.1 Å². The molecule has 0 atom stereocenters. The van der Waals surface area contributed by atoms with Crippen molar-refractivity contribution < 1.29 is 0 Å². The molecule has 2 heterocycles. The van der Waals surface area contributed by atoms with Crippen LogP contribution in [0.5, 0.6) is 0 Å². The Morgan fingerprint density at radius 1 is 1.11 bits per heavy atom. The van der Waals surface area contributed by atoms with E-state index in [1.165, 1.54) is 33.3 Å². The van der Waals surface area contributed by atoms with Gasteiger partial charge >= 0.3 is 0 Å². The number of benzene rings is 2. The van der Waals surface area contributed by atoms with Gasteiger partial charge in [0, 0.05) is 32.5 Å². The average molecular weight is 422 g/mol. The molecule has 0 amide bonds. The van der Waals surface area contributed by atoms with Crippen molar-refractivity contribution in [2.75, 3.05) is 6.54 Å². The van der Waals surface area contributed by atoms with Crippen molar-refractivity contribution >= 4 is 37.7 Å². The van der Waals surface area contributed by atoms with Crippen molar-refractivity contribution in [1.82, 2.24) is 9.97 Å².